The number of amides is 2. The van der Waals surface area contributed by atoms with Crippen LogP contribution in [0.5, 0.6) is 5.75 Å². The average Bonchev–Trinajstić information content (AvgIpc) is 2.62. The van der Waals surface area contributed by atoms with Gasteiger partial charge in [0.25, 0.3) is 5.91 Å². The molecule has 1 aliphatic rings. The fraction of sp³-hybridized carbons (Fsp3) is 0.364. The molecule has 0 saturated carbocycles. The monoisotopic (exact) mass is 366 g/mol. The number of carbonyl (C=O) groups is 2. The van der Waals surface area contributed by atoms with E-state index in [1.54, 1.807) is 17.9 Å². The third-order valence-corrected chi connectivity index (χ3v) is 4.51. The van der Waals surface area contributed by atoms with Gasteiger partial charge in [-0.05, 0) is 37.0 Å². The number of ether oxygens (including phenoxy) is 1. The highest BCUT2D eigenvalue weighted by molar-refractivity contribution is 6.00. The summed E-state index contributed by atoms with van der Waals surface area (Å²) in [6, 6.07) is 15.6. The number of fused-ring (bicyclic) bond motifs is 1. The predicted molar refractivity (Wildman–Crippen MR) is 107 cm³/mol. The van der Waals surface area contributed by atoms with E-state index >= 15 is 0 Å². The first kappa shape index (κ1) is 19.0. The van der Waals surface area contributed by atoms with E-state index in [1.165, 1.54) is 5.56 Å². The Labute approximate surface area is 160 Å². The number of nitrogens with zero attached hydrogens (tertiary/aromatic N) is 1. The topological polar surface area (TPSA) is 58.6 Å². The predicted octanol–water partition coefficient (Wildman–Crippen LogP) is 4.03. The number of benzene rings is 2. The van der Waals surface area contributed by atoms with Crippen LogP contribution in [0.4, 0.5) is 11.4 Å². The highest BCUT2D eigenvalue weighted by Crippen LogP contribution is 2.36. The van der Waals surface area contributed by atoms with Gasteiger partial charge in [0.2, 0.25) is 5.91 Å². The van der Waals surface area contributed by atoms with Gasteiger partial charge in [0.1, 0.15) is 5.75 Å². The lowest BCUT2D eigenvalue weighted by atomic mass is 10.1. The van der Waals surface area contributed by atoms with E-state index in [0.717, 1.165) is 12.1 Å². The van der Waals surface area contributed by atoms with Gasteiger partial charge in [-0.15, -0.1) is 0 Å². The van der Waals surface area contributed by atoms with Crippen LogP contribution in [0.3, 0.4) is 0 Å². The number of hydrogen-bond acceptors (Lipinski definition) is 3. The van der Waals surface area contributed by atoms with Gasteiger partial charge in [-0.3, -0.25) is 9.59 Å². The van der Waals surface area contributed by atoms with Crippen LogP contribution < -0.4 is 15.0 Å². The molecule has 1 aliphatic heterocycles. The van der Waals surface area contributed by atoms with Crippen LogP contribution >= 0.6 is 0 Å². The van der Waals surface area contributed by atoms with E-state index in [-0.39, 0.29) is 11.8 Å². The second-order valence-electron chi connectivity index (χ2n) is 7.31. The minimum atomic E-state index is -0.546. The number of nitrogens with one attached hydrogen (secondary N) is 1. The third kappa shape index (κ3) is 4.67. The van der Waals surface area contributed by atoms with Gasteiger partial charge in [-0.2, -0.15) is 0 Å². The molecule has 2 aromatic rings. The summed E-state index contributed by atoms with van der Waals surface area (Å²) in [5, 5.41) is 2.90. The molecule has 0 bridgehead atoms. The van der Waals surface area contributed by atoms with E-state index in [4.69, 9.17) is 4.74 Å². The summed E-state index contributed by atoms with van der Waals surface area (Å²) in [4.78, 5) is 26.4. The van der Waals surface area contributed by atoms with Gasteiger partial charge >= 0.3 is 0 Å². The van der Waals surface area contributed by atoms with Gasteiger partial charge in [0.15, 0.2) is 6.10 Å². The van der Waals surface area contributed by atoms with Crippen molar-refractivity contribution < 1.29 is 14.3 Å². The average molecular weight is 366 g/mol. The van der Waals surface area contributed by atoms with Gasteiger partial charge < -0.3 is 15.0 Å². The Hall–Kier alpha value is -2.82. The Balaban J connectivity index is 1.77. The molecule has 1 N–H and O–H groups in total. The fourth-order valence-corrected chi connectivity index (χ4v) is 3.19. The maximum absolute atomic E-state index is 12.6. The third-order valence-electron chi connectivity index (χ3n) is 4.51. The lowest BCUT2D eigenvalue weighted by molar-refractivity contribution is -0.125. The maximum atomic E-state index is 12.6. The van der Waals surface area contributed by atoms with Crippen molar-refractivity contribution in [2.45, 2.75) is 39.7 Å². The molecule has 1 unspecified atom stereocenters. The SMILES string of the molecule is CC(C)CC(=O)Nc1ccc2c(c1)OC(C)C(=O)N2CCc1ccccc1. The molecule has 0 aromatic heterocycles. The highest BCUT2D eigenvalue weighted by Gasteiger charge is 2.31. The van der Waals surface area contributed by atoms with E-state index in [1.807, 2.05) is 44.2 Å². The Morgan fingerprint density at radius 1 is 1.19 bits per heavy atom. The van der Waals surface area contributed by atoms with E-state index in [2.05, 4.69) is 17.4 Å². The van der Waals surface area contributed by atoms with E-state index < -0.39 is 6.10 Å². The molecule has 1 atom stereocenters. The summed E-state index contributed by atoms with van der Waals surface area (Å²) in [6.45, 7) is 6.36. The van der Waals surface area contributed by atoms with Gasteiger partial charge in [0.05, 0.1) is 5.69 Å². The second-order valence-corrected chi connectivity index (χ2v) is 7.31. The standard InChI is InChI=1S/C22H26N2O3/c1-15(2)13-21(25)23-18-9-10-19-20(14-18)27-16(3)22(26)24(19)12-11-17-7-5-4-6-8-17/h4-10,14-16H,11-13H2,1-3H3,(H,23,25). The molecule has 0 radical (unpaired) electrons. The van der Waals surface area contributed by atoms with Crippen molar-refractivity contribution >= 4 is 23.2 Å². The highest BCUT2D eigenvalue weighted by atomic mass is 16.5. The number of carbonyl (C=O) groups excluding carboxylic acids is 2. The summed E-state index contributed by atoms with van der Waals surface area (Å²) in [5.41, 5.74) is 2.61. The molecule has 0 fully saturated rings. The fourth-order valence-electron chi connectivity index (χ4n) is 3.19. The Kier molecular flexibility index (Phi) is 5.79. The van der Waals surface area contributed by atoms with Gasteiger partial charge in [0, 0.05) is 24.7 Å². The minimum Gasteiger partial charge on any atom is -0.479 e. The van der Waals surface area contributed by atoms with Crippen molar-refractivity contribution in [3.05, 3.63) is 54.1 Å². The molecule has 0 spiro atoms. The normalized spacial score (nSPS) is 16.1. The first-order valence-electron chi connectivity index (χ1n) is 9.40. The quantitative estimate of drug-likeness (QED) is 0.840. The zero-order valence-corrected chi connectivity index (χ0v) is 16.1. The maximum Gasteiger partial charge on any atom is 0.267 e. The molecule has 27 heavy (non-hydrogen) atoms. The van der Waals surface area contributed by atoms with Crippen molar-refractivity contribution in [3.63, 3.8) is 0 Å². The molecule has 1 heterocycles. The van der Waals surface area contributed by atoms with Crippen molar-refractivity contribution in [2.75, 3.05) is 16.8 Å². The summed E-state index contributed by atoms with van der Waals surface area (Å²) in [7, 11) is 0. The van der Waals surface area contributed by atoms with E-state index in [9.17, 15) is 9.59 Å². The Bertz CT molecular complexity index is 818. The van der Waals surface area contributed by atoms with Crippen LogP contribution in [0.2, 0.25) is 0 Å². The Morgan fingerprint density at radius 2 is 1.93 bits per heavy atom. The molecular weight excluding hydrogens is 340 g/mol. The van der Waals surface area contributed by atoms with Crippen molar-refractivity contribution in [1.82, 2.24) is 0 Å². The molecule has 2 aromatic carbocycles. The zero-order valence-electron chi connectivity index (χ0n) is 16.1. The Morgan fingerprint density at radius 3 is 2.63 bits per heavy atom. The first-order valence-corrected chi connectivity index (χ1v) is 9.40. The van der Waals surface area contributed by atoms with Crippen molar-refractivity contribution in [1.29, 1.82) is 0 Å². The minimum absolute atomic E-state index is 0.0224. The number of hydrogen-bond donors (Lipinski definition) is 1. The van der Waals surface area contributed by atoms with E-state index in [0.29, 0.717) is 30.3 Å². The van der Waals surface area contributed by atoms with Crippen LogP contribution in [0.1, 0.15) is 32.8 Å². The summed E-state index contributed by atoms with van der Waals surface area (Å²) >= 11 is 0. The lowest BCUT2D eigenvalue weighted by Gasteiger charge is -2.33. The number of rotatable bonds is 6. The van der Waals surface area contributed by atoms with Crippen molar-refractivity contribution in [3.8, 4) is 5.75 Å². The largest absolute Gasteiger partial charge is 0.479 e. The molecule has 0 aliphatic carbocycles. The van der Waals surface area contributed by atoms with Gasteiger partial charge in [-0.25, -0.2) is 0 Å². The zero-order chi connectivity index (χ0) is 19.4. The molecule has 0 saturated heterocycles. The molecule has 5 heteroatoms. The molecule has 142 valence electrons. The van der Waals surface area contributed by atoms with Crippen LogP contribution in [0.15, 0.2) is 48.5 Å². The summed E-state index contributed by atoms with van der Waals surface area (Å²) in [5.74, 6) is 0.850. The molecule has 2 amide bonds. The summed E-state index contributed by atoms with van der Waals surface area (Å²) < 4.78 is 5.79. The van der Waals surface area contributed by atoms with Crippen LogP contribution in [0, 0.1) is 5.92 Å². The number of anilines is 2. The van der Waals surface area contributed by atoms with Gasteiger partial charge in [-0.1, -0.05) is 44.2 Å². The van der Waals surface area contributed by atoms with Crippen molar-refractivity contribution in [2.24, 2.45) is 5.92 Å². The van der Waals surface area contributed by atoms with Crippen LogP contribution in [-0.2, 0) is 16.0 Å². The molecule has 5 nitrogen and oxygen atoms in total. The smallest absolute Gasteiger partial charge is 0.267 e. The van der Waals surface area contributed by atoms with Crippen LogP contribution in [-0.4, -0.2) is 24.5 Å². The first-order chi connectivity index (χ1) is 12.9. The molecular formula is C22H26N2O3. The second kappa shape index (κ2) is 8.25. The van der Waals surface area contributed by atoms with Crippen LogP contribution in [0.25, 0.3) is 0 Å². The lowest BCUT2D eigenvalue weighted by Crippen LogP contribution is -2.45. The summed E-state index contributed by atoms with van der Waals surface area (Å²) in [6.07, 6.45) is 0.691. The molecule has 3 rings (SSSR count).